The van der Waals surface area contributed by atoms with Crippen LogP contribution in [0.3, 0.4) is 0 Å². The summed E-state index contributed by atoms with van der Waals surface area (Å²) in [7, 11) is 0. The molecule has 1 aromatic carbocycles. The normalized spacial score (nSPS) is 28.1. The van der Waals surface area contributed by atoms with Gasteiger partial charge in [-0.2, -0.15) is 0 Å². The number of nitrogens with zero attached hydrogens (tertiary/aromatic N) is 2. The summed E-state index contributed by atoms with van der Waals surface area (Å²) in [5.41, 5.74) is 1.24. The highest BCUT2D eigenvalue weighted by atomic mass is 32.2. The summed E-state index contributed by atoms with van der Waals surface area (Å²) in [6, 6.07) is 8.78. The molecular formula is C18H24N2O2S. The molecule has 2 saturated heterocycles. The van der Waals surface area contributed by atoms with Gasteiger partial charge in [-0.3, -0.25) is 9.69 Å². The predicted octanol–water partition coefficient (Wildman–Crippen LogP) is 2.20. The van der Waals surface area contributed by atoms with Crippen LogP contribution in [0, 0.1) is 0 Å². The van der Waals surface area contributed by atoms with Crippen molar-refractivity contribution in [2.45, 2.75) is 29.7 Å². The molecule has 0 aliphatic carbocycles. The number of benzene rings is 1. The second kappa shape index (κ2) is 6.83. The third kappa shape index (κ3) is 3.14. The van der Waals surface area contributed by atoms with Gasteiger partial charge in [-0.15, -0.1) is 11.8 Å². The van der Waals surface area contributed by atoms with Gasteiger partial charge in [0.2, 0.25) is 5.91 Å². The van der Waals surface area contributed by atoms with Crippen molar-refractivity contribution >= 4 is 17.7 Å². The van der Waals surface area contributed by atoms with Crippen LogP contribution in [0.25, 0.3) is 0 Å². The molecule has 0 bridgehead atoms. The summed E-state index contributed by atoms with van der Waals surface area (Å²) in [5, 5.41) is 0. The van der Waals surface area contributed by atoms with Crippen LogP contribution in [0.5, 0.6) is 0 Å². The Morgan fingerprint density at radius 2 is 2.04 bits per heavy atom. The van der Waals surface area contributed by atoms with Gasteiger partial charge in [-0.1, -0.05) is 18.2 Å². The van der Waals surface area contributed by atoms with Crippen LogP contribution >= 0.6 is 11.8 Å². The lowest BCUT2D eigenvalue weighted by Crippen LogP contribution is -2.47. The van der Waals surface area contributed by atoms with Crippen LogP contribution in [0.1, 0.15) is 24.3 Å². The summed E-state index contributed by atoms with van der Waals surface area (Å²) < 4.78 is 5.43. The second-order valence-corrected chi connectivity index (χ2v) is 7.70. The third-order valence-corrected chi connectivity index (χ3v) is 6.41. The first-order chi connectivity index (χ1) is 11.3. The smallest absolute Gasteiger partial charge is 0.231 e. The van der Waals surface area contributed by atoms with Crippen LogP contribution in [0.15, 0.2) is 29.2 Å². The van der Waals surface area contributed by atoms with E-state index in [4.69, 9.17) is 4.74 Å². The minimum absolute atomic E-state index is 0.0569. The number of likely N-dealkylation sites (tertiary alicyclic amines) is 1. The first-order valence-electron chi connectivity index (χ1n) is 8.65. The van der Waals surface area contributed by atoms with Gasteiger partial charge in [0.1, 0.15) is 0 Å². The molecule has 4 nitrogen and oxygen atoms in total. The Morgan fingerprint density at radius 3 is 2.91 bits per heavy atom. The van der Waals surface area contributed by atoms with Crippen LogP contribution in [-0.4, -0.2) is 66.9 Å². The Kier molecular flexibility index (Phi) is 4.60. The first kappa shape index (κ1) is 15.5. The Bertz CT molecular complexity index is 574. The van der Waals surface area contributed by atoms with E-state index in [1.807, 2.05) is 11.8 Å². The monoisotopic (exact) mass is 332 g/mol. The van der Waals surface area contributed by atoms with Crippen LogP contribution in [0.2, 0.25) is 0 Å². The number of morpholine rings is 1. The molecule has 4 rings (SSSR count). The molecule has 0 spiro atoms. The molecule has 1 aromatic rings. The maximum Gasteiger partial charge on any atom is 0.231 e. The summed E-state index contributed by atoms with van der Waals surface area (Å²) in [4.78, 5) is 19.0. The highest BCUT2D eigenvalue weighted by Gasteiger charge is 2.37. The van der Waals surface area contributed by atoms with E-state index in [-0.39, 0.29) is 5.92 Å². The zero-order valence-electron chi connectivity index (χ0n) is 13.4. The maximum atomic E-state index is 13.1. The maximum absolute atomic E-state index is 13.1. The number of rotatable bonds is 3. The van der Waals surface area contributed by atoms with Crippen molar-refractivity contribution in [2.24, 2.45) is 0 Å². The number of hydrogen-bond acceptors (Lipinski definition) is 4. The number of ether oxygens (including phenoxy) is 1. The number of carbonyl (C=O) groups is 1. The number of hydrogen-bond donors (Lipinski definition) is 0. The van der Waals surface area contributed by atoms with Crippen molar-refractivity contribution in [3.05, 3.63) is 29.8 Å². The van der Waals surface area contributed by atoms with E-state index in [0.717, 1.165) is 58.0 Å². The lowest BCUT2D eigenvalue weighted by molar-refractivity contribution is -0.133. The molecule has 2 atom stereocenters. The fourth-order valence-corrected chi connectivity index (χ4v) is 5.18. The average molecular weight is 332 g/mol. The summed E-state index contributed by atoms with van der Waals surface area (Å²) in [5.74, 6) is 1.30. The minimum atomic E-state index is 0.0569. The quantitative estimate of drug-likeness (QED) is 0.849. The lowest BCUT2D eigenvalue weighted by atomic mass is 9.99. The van der Waals surface area contributed by atoms with Crippen molar-refractivity contribution in [1.82, 2.24) is 9.80 Å². The van der Waals surface area contributed by atoms with Crippen LogP contribution in [0.4, 0.5) is 0 Å². The van der Waals surface area contributed by atoms with E-state index >= 15 is 0 Å². The van der Waals surface area contributed by atoms with Crippen molar-refractivity contribution in [1.29, 1.82) is 0 Å². The number of thioether (sulfide) groups is 1. The molecule has 124 valence electrons. The molecule has 2 unspecified atom stereocenters. The minimum Gasteiger partial charge on any atom is -0.379 e. The molecule has 3 aliphatic heterocycles. The summed E-state index contributed by atoms with van der Waals surface area (Å²) >= 11 is 1.83. The molecule has 3 aliphatic rings. The Hall–Kier alpha value is -1.04. The van der Waals surface area contributed by atoms with Gasteiger partial charge in [0.05, 0.1) is 19.1 Å². The molecule has 0 saturated carbocycles. The number of carbonyl (C=O) groups excluding carboxylic acids is 1. The highest BCUT2D eigenvalue weighted by molar-refractivity contribution is 7.99. The van der Waals surface area contributed by atoms with E-state index in [0.29, 0.717) is 11.9 Å². The summed E-state index contributed by atoms with van der Waals surface area (Å²) in [6.07, 6.45) is 2.28. The predicted molar refractivity (Wildman–Crippen MR) is 91.9 cm³/mol. The molecule has 1 amide bonds. The van der Waals surface area contributed by atoms with E-state index in [2.05, 4.69) is 34.1 Å². The van der Waals surface area contributed by atoms with Crippen LogP contribution < -0.4 is 0 Å². The average Bonchev–Trinajstić information content (AvgIpc) is 3.22. The molecule has 2 fully saturated rings. The van der Waals surface area contributed by atoms with Gasteiger partial charge in [0, 0.05) is 42.9 Å². The fourth-order valence-electron chi connectivity index (χ4n) is 3.96. The Labute approximate surface area is 142 Å². The van der Waals surface area contributed by atoms with E-state index in [1.165, 1.54) is 10.5 Å². The highest BCUT2D eigenvalue weighted by Crippen LogP contribution is 2.41. The summed E-state index contributed by atoms with van der Waals surface area (Å²) in [6.45, 7) is 5.59. The van der Waals surface area contributed by atoms with Gasteiger partial charge in [0.15, 0.2) is 0 Å². The van der Waals surface area contributed by atoms with Gasteiger partial charge in [-0.05, 0) is 24.5 Å². The molecular weight excluding hydrogens is 308 g/mol. The second-order valence-electron chi connectivity index (χ2n) is 6.64. The molecule has 0 radical (unpaired) electrons. The fraction of sp³-hybridized carbons (Fsp3) is 0.611. The van der Waals surface area contributed by atoms with E-state index in [9.17, 15) is 4.79 Å². The van der Waals surface area contributed by atoms with Gasteiger partial charge in [0.25, 0.3) is 0 Å². The zero-order chi connectivity index (χ0) is 15.6. The lowest BCUT2D eigenvalue weighted by Gasteiger charge is -2.34. The van der Waals surface area contributed by atoms with Gasteiger partial charge >= 0.3 is 0 Å². The SMILES string of the molecule is O=C(C1CSc2ccccc21)N1CCCC1CN1CCOCC1. The molecule has 0 aromatic heterocycles. The van der Waals surface area contributed by atoms with Crippen molar-refractivity contribution in [3.8, 4) is 0 Å². The topological polar surface area (TPSA) is 32.8 Å². The molecule has 0 N–H and O–H groups in total. The Balaban J connectivity index is 1.45. The molecule has 23 heavy (non-hydrogen) atoms. The van der Waals surface area contributed by atoms with Gasteiger partial charge in [-0.25, -0.2) is 0 Å². The van der Waals surface area contributed by atoms with E-state index < -0.39 is 0 Å². The first-order valence-corrected chi connectivity index (χ1v) is 9.64. The largest absolute Gasteiger partial charge is 0.379 e. The van der Waals surface area contributed by atoms with E-state index in [1.54, 1.807) is 0 Å². The van der Waals surface area contributed by atoms with Gasteiger partial charge < -0.3 is 9.64 Å². The van der Waals surface area contributed by atoms with Crippen molar-refractivity contribution in [3.63, 3.8) is 0 Å². The zero-order valence-corrected chi connectivity index (χ0v) is 14.3. The standard InChI is InChI=1S/C18H24N2O2S/c21-18(16-13-23-17-6-2-1-5-15(16)17)20-7-3-4-14(20)12-19-8-10-22-11-9-19/h1-2,5-6,14,16H,3-4,7-13H2. The number of fused-ring (bicyclic) bond motifs is 1. The third-order valence-electron chi connectivity index (χ3n) is 5.23. The van der Waals surface area contributed by atoms with Crippen LogP contribution in [-0.2, 0) is 9.53 Å². The molecule has 5 heteroatoms. The number of amides is 1. The van der Waals surface area contributed by atoms with Crippen molar-refractivity contribution < 1.29 is 9.53 Å². The Morgan fingerprint density at radius 1 is 1.22 bits per heavy atom. The molecule has 3 heterocycles. The van der Waals surface area contributed by atoms with Crippen molar-refractivity contribution in [2.75, 3.05) is 45.1 Å².